The number of hydrogen-bond acceptors (Lipinski definition) is 15. The van der Waals surface area contributed by atoms with E-state index in [2.05, 4.69) is 45.1 Å². The van der Waals surface area contributed by atoms with Crippen LogP contribution in [-0.4, -0.2) is 124 Å². The van der Waals surface area contributed by atoms with Crippen LogP contribution in [0.2, 0.25) is 20.1 Å². The number of nitrogens with two attached hydrogens (primary N) is 3. The van der Waals surface area contributed by atoms with E-state index in [1.54, 1.807) is 13.8 Å². The van der Waals surface area contributed by atoms with Crippen molar-refractivity contribution in [2.24, 2.45) is 17.2 Å². The molecule has 0 fully saturated rings. The molecule has 0 aliphatic heterocycles. The lowest BCUT2D eigenvalue weighted by Crippen LogP contribution is -2.55. The fraction of sp³-hybridized carbons (Fsp3) is 0.340. The summed E-state index contributed by atoms with van der Waals surface area (Å²) in [6.07, 6.45) is -3.16. The van der Waals surface area contributed by atoms with Crippen LogP contribution in [0.25, 0.3) is 0 Å². The summed E-state index contributed by atoms with van der Waals surface area (Å²) in [5, 5.41) is 32.3. The molecule has 30 heteroatoms. The first-order valence-corrected chi connectivity index (χ1v) is 26.3. The Kier molecular flexibility index (Phi) is 27.1. The second kappa shape index (κ2) is 32.8. The third-order valence-corrected chi connectivity index (χ3v) is 13.5. The van der Waals surface area contributed by atoms with Gasteiger partial charge >= 0.3 is 11.9 Å². The summed E-state index contributed by atoms with van der Waals surface area (Å²) >= 11 is 25.1. The van der Waals surface area contributed by atoms with E-state index in [9.17, 15) is 72.5 Å². The monoisotopic (exact) mass is 1230 g/mol. The molecule has 4 atom stereocenters. The molecule has 0 aliphatic rings. The minimum Gasteiger partial charge on any atom is -0.482 e. The molecule has 0 saturated carbocycles. The molecular weight excluding hydrogens is 1180 g/mol. The Morgan fingerprint density at radius 3 is 1.19 bits per heavy atom. The minimum absolute atomic E-state index is 0.0216. The minimum atomic E-state index is -1.83. The van der Waals surface area contributed by atoms with E-state index in [4.69, 9.17) is 73.1 Å². The van der Waals surface area contributed by atoms with E-state index < -0.39 is 166 Å². The van der Waals surface area contributed by atoms with Crippen molar-refractivity contribution in [3.63, 3.8) is 0 Å². The van der Waals surface area contributed by atoms with Crippen LogP contribution in [0.3, 0.4) is 0 Å². The van der Waals surface area contributed by atoms with Crippen LogP contribution >= 0.6 is 46.4 Å². The molecule has 0 heterocycles. The average molecular weight is 1240 g/mol. The lowest BCUT2D eigenvalue weighted by Gasteiger charge is -2.23. The number of hydrogen-bond donors (Lipinski definition) is 11. The van der Waals surface area contributed by atoms with Gasteiger partial charge in [0.05, 0.1) is 22.9 Å². The maximum absolute atomic E-state index is 13.6. The SMILES string of the molecule is C=C(CC)C(=O)c1ccc(OCC(=O)N[C@@H](CC(=O)O)C(=O)N[C@@H](CCC(N)=O)C(=O)NCc2cc(CNC(=O)[C@H](CCC(N)=O)NC(=O)[C@H](CC(=O)O)NC(=O)COc3ccc(C(=O)C(=C)CC)c(Cl)c3Cl)cc(C(N)=O)c2)c(Cl)c1Cl. The first-order chi connectivity index (χ1) is 39.0. The molecule has 0 unspecified atom stereocenters. The van der Waals surface area contributed by atoms with Crippen LogP contribution < -0.4 is 58.6 Å². The van der Waals surface area contributed by atoms with Crippen molar-refractivity contribution in [3.05, 3.63) is 115 Å². The number of carboxylic acid groups (broad SMARTS) is 2. The smallest absolute Gasteiger partial charge is 0.305 e. The zero-order chi connectivity index (χ0) is 62.4. The van der Waals surface area contributed by atoms with Gasteiger partial charge in [0.1, 0.15) is 45.7 Å². The number of carbonyl (C=O) groups excluding carboxylic acids is 11. The van der Waals surface area contributed by atoms with Gasteiger partial charge in [0.15, 0.2) is 24.8 Å². The molecule has 9 amide bonds. The van der Waals surface area contributed by atoms with Crippen LogP contribution in [0.4, 0.5) is 0 Å². The van der Waals surface area contributed by atoms with Gasteiger partial charge < -0.3 is 68.8 Å². The van der Waals surface area contributed by atoms with E-state index in [1.807, 2.05) is 0 Å². The van der Waals surface area contributed by atoms with Gasteiger partial charge in [-0.1, -0.05) is 79.5 Å². The second-order valence-electron chi connectivity index (χ2n) is 18.0. The van der Waals surface area contributed by atoms with Crippen molar-refractivity contribution < 1.29 is 82.0 Å². The molecule has 446 valence electrons. The molecule has 14 N–H and O–H groups in total. The normalized spacial score (nSPS) is 12.1. The number of halogens is 4. The molecular formula is C53H59Cl4N9O17. The number of primary amides is 3. The molecule has 0 aromatic heterocycles. The average Bonchev–Trinajstić information content (AvgIpc) is 3.48. The number of nitrogens with one attached hydrogen (secondary N) is 6. The molecule has 0 spiro atoms. The predicted octanol–water partition coefficient (Wildman–Crippen LogP) is 2.51. The number of carboxylic acids is 2. The summed E-state index contributed by atoms with van der Waals surface area (Å²) in [5.41, 5.74) is 16.9. The number of benzene rings is 3. The zero-order valence-electron chi connectivity index (χ0n) is 44.5. The van der Waals surface area contributed by atoms with Gasteiger partial charge in [-0.3, -0.25) is 62.3 Å². The maximum Gasteiger partial charge on any atom is 0.305 e. The highest BCUT2D eigenvalue weighted by molar-refractivity contribution is 6.46. The van der Waals surface area contributed by atoms with Gasteiger partial charge in [-0.15, -0.1) is 0 Å². The van der Waals surface area contributed by atoms with Crippen molar-refractivity contribution in [2.75, 3.05) is 13.2 Å². The van der Waals surface area contributed by atoms with Crippen molar-refractivity contribution in [1.82, 2.24) is 31.9 Å². The Morgan fingerprint density at radius 2 is 0.880 bits per heavy atom. The highest BCUT2D eigenvalue weighted by Gasteiger charge is 2.32. The van der Waals surface area contributed by atoms with Crippen LogP contribution in [0.5, 0.6) is 11.5 Å². The van der Waals surface area contributed by atoms with Crippen LogP contribution in [0.15, 0.2) is 66.8 Å². The second-order valence-corrected chi connectivity index (χ2v) is 19.5. The highest BCUT2D eigenvalue weighted by atomic mass is 35.5. The Morgan fingerprint density at radius 1 is 0.518 bits per heavy atom. The van der Waals surface area contributed by atoms with Crippen LogP contribution in [0.1, 0.15) is 107 Å². The summed E-state index contributed by atoms with van der Waals surface area (Å²) in [5.74, 6) is -13.5. The largest absolute Gasteiger partial charge is 0.482 e. The van der Waals surface area contributed by atoms with Crippen molar-refractivity contribution in [3.8, 4) is 11.5 Å². The van der Waals surface area contributed by atoms with Gasteiger partial charge in [-0.2, -0.15) is 0 Å². The van der Waals surface area contributed by atoms with E-state index in [1.165, 1.54) is 42.5 Å². The van der Waals surface area contributed by atoms with E-state index in [0.717, 1.165) is 0 Å². The predicted molar refractivity (Wildman–Crippen MR) is 299 cm³/mol. The zero-order valence-corrected chi connectivity index (χ0v) is 47.5. The quantitative estimate of drug-likeness (QED) is 0.0298. The van der Waals surface area contributed by atoms with Gasteiger partial charge in [0.25, 0.3) is 11.8 Å². The van der Waals surface area contributed by atoms with Gasteiger partial charge in [-0.25, -0.2) is 0 Å². The Labute approximate surface area is 493 Å². The van der Waals surface area contributed by atoms with Crippen molar-refractivity contribution in [1.29, 1.82) is 0 Å². The molecule has 83 heavy (non-hydrogen) atoms. The van der Waals surface area contributed by atoms with Gasteiger partial charge in [-0.05, 0) is 84.4 Å². The lowest BCUT2D eigenvalue weighted by atomic mass is 10.0. The summed E-state index contributed by atoms with van der Waals surface area (Å²) in [6.45, 7) is 8.24. The summed E-state index contributed by atoms with van der Waals surface area (Å²) in [4.78, 5) is 165. The van der Waals surface area contributed by atoms with Crippen LogP contribution in [0, 0.1) is 0 Å². The molecule has 0 saturated heterocycles. The van der Waals surface area contributed by atoms with Crippen molar-refractivity contribution in [2.45, 2.75) is 102 Å². The highest BCUT2D eigenvalue weighted by Crippen LogP contribution is 2.37. The number of rotatable bonds is 35. The Hall–Kier alpha value is -8.59. The van der Waals surface area contributed by atoms with Crippen LogP contribution in [-0.2, 0) is 61.0 Å². The fourth-order valence-corrected chi connectivity index (χ4v) is 8.18. The molecule has 3 aromatic carbocycles. The Balaban J connectivity index is 1.75. The number of allylic oxidation sites excluding steroid dienone is 2. The first kappa shape index (κ1) is 68.7. The van der Waals surface area contributed by atoms with E-state index in [-0.39, 0.29) is 70.6 Å². The standard InChI is InChI=1S/C53H59Cl4N9O17/c1-5-24(3)47(75)29-7-11-35(45(56)43(29)54)82-22-39(69)63-33(18-41(71)72)52(80)65-31(9-13-37(58)67)50(78)61-20-26-15-27(17-28(16-26)49(60)77)21-62-51(79)32(10-14-38(59)68)66-53(81)34(19-42(73)74)64-40(70)23-83-36-12-8-30(44(55)46(36)57)48(76)25(4)6-2/h7-8,11-12,15-17,31-34H,3-6,9-10,13-14,18-23H2,1-2H3,(H2,58,67)(H2,59,68)(H2,60,77)(H,61,78)(H,62,79)(H,63,69)(H,64,70)(H,65,80)(H,66,81)(H,71,72)(H,73,74)/t31-,32-,33-,34-/m0/s1. The number of Topliss-reactive ketones (excluding diaryl/α,β-unsaturated/α-hetero) is 2. The number of aliphatic carboxylic acids is 2. The summed E-state index contributed by atoms with van der Waals surface area (Å²) < 4.78 is 10.9. The van der Waals surface area contributed by atoms with Gasteiger partial charge in [0, 0.05) is 42.6 Å². The number of carbonyl (C=O) groups is 13. The van der Waals surface area contributed by atoms with Gasteiger partial charge in [0.2, 0.25) is 41.4 Å². The Bertz CT molecular complexity index is 2910. The van der Waals surface area contributed by atoms with Crippen molar-refractivity contribution >= 4 is 123 Å². The molecule has 0 radical (unpaired) electrons. The fourth-order valence-electron chi connectivity index (χ4n) is 7.25. The molecule has 3 rings (SSSR count). The summed E-state index contributed by atoms with van der Waals surface area (Å²) in [6, 6.07) is 2.15. The third-order valence-electron chi connectivity index (χ3n) is 11.8. The maximum atomic E-state index is 13.6. The molecule has 0 aliphatic carbocycles. The third kappa shape index (κ3) is 21.7. The summed E-state index contributed by atoms with van der Waals surface area (Å²) in [7, 11) is 0. The molecule has 0 bridgehead atoms. The molecule has 26 nitrogen and oxygen atoms in total. The number of ketones is 2. The molecule has 3 aromatic rings. The number of ether oxygens (including phenoxy) is 2. The first-order valence-electron chi connectivity index (χ1n) is 24.8. The lowest BCUT2D eigenvalue weighted by molar-refractivity contribution is -0.141. The number of amides is 9. The topological polar surface area (TPSA) is 431 Å². The van der Waals surface area contributed by atoms with E-state index >= 15 is 0 Å². The van der Waals surface area contributed by atoms with E-state index in [0.29, 0.717) is 12.8 Å².